The van der Waals surface area contributed by atoms with Gasteiger partial charge in [-0.05, 0) is 58.2 Å². The van der Waals surface area contributed by atoms with Crippen molar-refractivity contribution < 1.29 is 18.7 Å². The van der Waals surface area contributed by atoms with Gasteiger partial charge in [0.1, 0.15) is 11.3 Å². The molecule has 0 spiro atoms. The standard InChI is InChI=1S/C22H28N2O5/c1-13-14(2)22(27)29-20-15(3)18(9-8-17(13)20)28-16(4)21(26)23-10-6-12-24-11-5-7-19(24)25/h8-9,16H,5-7,10-12H2,1-4H3,(H,23,26)/t16-/m1/s1. The Bertz CT molecular complexity index is 995. The molecule has 2 amide bonds. The van der Waals surface area contributed by atoms with Crippen LogP contribution in [0.25, 0.3) is 11.0 Å². The van der Waals surface area contributed by atoms with Crippen LogP contribution in [0.5, 0.6) is 5.75 Å². The third-order valence-corrected chi connectivity index (χ3v) is 5.57. The summed E-state index contributed by atoms with van der Waals surface area (Å²) in [7, 11) is 0. The Morgan fingerprint density at radius 3 is 2.66 bits per heavy atom. The lowest BCUT2D eigenvalue weighted by molar-refractivity contribution is -0.127. The van der Waals surface area contributed by atoms with Crippen LogP contribution in [0.1, 0.15) is 42.9 Å². The average molecular weight is 400 g/mol. The Kier molecular flexibility index (Phi) is 6.25. The minimum atomic E-state index is -0.696. The zero-order valence-electron chi connectivity index (χ0n) is 17.5. The SMILES string of the molecule is Cc1c(C)c2ccc(O[C@H](C)C(=O)NCCCN3CCCC3=O)c(C)c2oc1=O. The van der Waals surface area contributed by atoms with E-state index < -0.39 is 6.10 Å². The Labute approximate surface area is 170 Å². The van der Waals surface area contributed by atoms with E-state index in [9.17, 15) is 14.4 Å². The van der Waals surface area contributed by atoms with Crippen LogP contribution in [0, 0.1) is 20.8 Å². The fourth-order valence-corrected chi connectivity index (χ4v) is 3.56. The predicted octanol–water partition coefficient (Wildman–Crippen LogP) is 2.61. The summed E-state index contributed by atoms with van der Waals surface area (Å²) >= 11 is 0. The number of amides is 2. The highest BCUT2D eigenvalue weighted by molar-refractivity contribution is 5.86. The molecule has 2 aromatic rings. The molecule has 1 aromatic carbocycles. The number of rotatable bonds is 7. The van der Waals surface area contributed by atoms with Gasteiger partial charge in [-0.1, -0.05) is 0 Å². The van der Waals surface area contributed by atoms with E-state index in [2.05, 4.69) is 5.32 Å². The fourth-order valence-electron chi connectivity index (χ4n) is 3.56. The Hall–Kier alpha value is -2.83. The Balaban J connectivity index is 1.60. The highest BCUT2D eigenvalue weighted by atomic mass is 16.5. The number of nitrogens with one attached hydrogen (secondary N) is 1. The molecule has 0 radical (unpaired) electrons. The minimum Gasteiger partial charge on any atom is -0.480 e. The van der Waals surface area contributed by atoms with Crippen LogP contribution in [-0.2, 0) is 9.59 Å². The topological polar surface area (TPSA) is 88.8 Å². The summed E-state index contributed by atoms with van der Waals surface area (Å²) < 4.78 is 11.3. The highest BCUT2D eigenvalue weighted by Crippen LogP contribution is 2.29. The minimum absolute atomic E-state index is 0.192. The van der Waals surface area contributed by atoms with E-state index in [-0.39, 0.29) is 17.4 Å². The molecule has 1 aliphatic heterocycles. The summed E-state index contributed by atoms with van der Waals surface area (Å²) in [6.45, 7) is 9.08. The van der Waals surface area contributed by atoms with E-state index >= 15 is 0 Å². The number of nitrogens with zero attached hydrogens (tertiary/aromatic N) is 1. The van der Waals surface area contributed by atoms with Crippen molar-refractivity contribution in [3.8, 4) is 5.75 Å². The molecule has 1 atom stereocenters. The number of aryl methyl sites for hydroxylation is 2. The van der Waals surface area contributed by atoms with E-state index in [1.54, 1.807) is 19.9 Å². The largest absolute Gasteiger partial charge is 0.480 e. The van der Waals surface area contributed by atoms with Gasteiger partial charge in [0.05, 0.1) is 0 Å². The third kappa shape index (κ3) is 4.44. The monoisotopic (exact) mass is 400 g/mol. The van der Waals surface area contributed by atoms with E-state index in [4.69, 9.17) is 9.15 Å². The van der Waals surface area contributed by atoms with Gasteiger partial charge >= 0.3 is 5.63 Å². The second kappa shape index (κ2) is 8.68. The van der Waals surface area contributed by atoms with Gasteiger partial charge in [-0.15, -0.1) is 0 Å². The van der Waals surface area contributed by atoms with Gasteiger partial charge in [-0.25, -0.2) is 4.79 Å². The van der Waals surface area contributed by atoms with Crippen LogP contribution < -0.4 is 15.7 Å². The molecule has 1 N–H and O–H groups in total. The molecule has 0 saturated carbocycles. The molecular weight excluding hydrogens is 372 g/mol. The molecule has 7 heteroatoms. The molecule has 2 heterocycles. The van der Waals surface area contributed by atoms with Gasteiger partial charge < -0.3 is 19.4 Å². The van der Waals surface area contributed by atoms with Crippen LogP contribution >= 0.6 is 0 Å². The second-order valence-corrected chi connectivity index (χ2v) is 7.59. The zero-order chi connectivity index (χ0) is 21.1. The molecule has 1 aliphatic rings. The zero-order valence-corrected chi connectivity index (χ0v) is 17.5. The van der Waals surface area contributed by atoms with E-state index in [1.165, 1.54) is 0 Å². The maximum absolute atomic E-state index is 12.3. The van der Waals surface area contributed by atoms with E-state index in [1.807, 2.05) is 24.8 Å². The third-order valence-electron chi connectivity index (χ3n) is 5.57. The summed E-state index contributed by atoms with van der Waals surface area (Å²) in [6, 6.07) is 3.65. The van der Waals surface area contributed by atoms with Crippen molar-refractivity contribution in [3.63, 3.8) is 0 Å². The first kappa shape index (κ1) is 20.9. The maximum Gasteiger partial charge on any atom is 0.339 e. The van der Waals surface area contributed by atoms with Gasteiger partial charge in [-0.3, -0.25) is 9.59 Å². The molecule has 1 saturated heterocycles. The number of fused-ring (bicyclic) bond motifs is 1. The quantitative estimate of drug-likeness (QED) is 0.570. The lowest BCUT2D eigenvalue weighted by atomic mass is 10.0. The first-order valence-corrected chi connectivity index (χ1v) is 10.1. The predicted molar refractivity (Wildman–Crippen MR) is 110 cm³/mol. The van der Waals surface area contributed by atoms with Crippen LogP contribution in [0.3, 0.4) is 0 Å². The summed E-state index contributed by atoms with van der Waals surface area (Å²) in [5.74, 6) is 0.477. The Morgan fingerprint density at radius 2 is 1.97 bits per heavy atom. The van der Waals surface area contributed by atoms with E-state index in [0.717, 1.165) is 23.9 Å². The van der Waals surface area contributed by atoms with Crippen molar-refractivity contribution in [2.24, 2.45) is 0 Å². The molecule has 7 nitrogen and oxygen atoms in total. The van der Waals surface area contributed by atoms with Crippen molar-refractivity contribution in [2.75, 3.05) is 19.6 Å². The van der Waals surface area contributed by atoms with Crippen LogP contribution in [0.15, 0.2) is 21.3 Å². The molecule has 1 aromatic heterocycles. The number of hydrogen-bond acceptors (Lipinski definition) is 5. The first-order valence-electron chi connectivity index (χ1n) is 10.1. The number of carbonyl (C=O) groups is 2. The number of hydrogen-bond donors (Lipinski definition) is 1. The smallest absolute Gasteiger partial charge is 0.339 e. The highest BCUT2D eigenvalue weighted by Gasteiger charge is 2.20. The number of ether oxygens (including phenoxy) is 1. The average Bonchev–Trinajstić information content (AvgIpc) is 3.10. The van der Waals surface area contributed by atoms with Crippen molar-refractivity contribution >= 4 is 22.8 Å². The fraction of sp³-hybridized carbons (Fsp3) is 0.500. The molecule has 156 valence electrons. The normalized spacial score (nSPS) is 15.0. The molecule has 3 rings (SSSR count). The molecule has 0 bridgehead atoms. The summed E-state index contributed by atoms with van der Waals surface area (Å²) in [4.78, 5) is 37.8. The number of carbonyl (C=O) groups excluding carboxylic acids is 2. The van der Waals surface area contributed by atoms with Crippen molar-refractivity contribution in [2.45, 2.75) is 53.1 Å². The molecule has 0 unspecified atom stereocenters. The van der Waals surface area contributed by atoms with Crippen LogP contribution in [0.4, 0.5) is 0 Å². The Morgan fingerprint density at radius 1 is 1.21 bits per heavy atom. The summed E-state index contributed by atoms with van der Waals surface area (Å²) in [6.07, 6.45) is 1.56. The summed E-state index contributed by atoms with van der Waals surface area (Å²) in [5.41, 5.74) is 2.29. The summed E-state index contributed by atoms with van der Waals surface area (Å²) in [5, 5.41) is 3.71. The molecular formula is C22H28N2O5. The van der Waals surface area contributed by atoms with Gasteiger partial charge in [0.2, 0.25) is 5.91 Å². The first-order chi connectivity index (χ1) is 13.8. The van der Waals surface area contributed by atoms with Gasteiger partial charge in [0, 0.05) is 42.6 Å². The number of likely N-dealkylation sites (tertiary alicyclic amines) is 1. The van der Waals surface area contributed by atoms with Crippen LogP contribution in [0.2, 0.25) is 0 Å². The molecule has 0 aliphatic carbocycles. The number of benzene rings is 1. The van der Waals surface area contributed by atoms with Gasteiger partial charge in [-0.2, -0.15) is 0 Å². The van der Waals surface area contributed by atoms with Gasteiger partial charge in [0.15, 0.2) is 6.10 Å². The lowest BCUT2D eigenvalue weighted by Gasteiger charge is -2.18. The van der Waals surface area contributed by atoms with Crippen molar-refractivity contribution in [1.29, 1.82) is 0 Å². The van der Waals surface area contributed by atoms with Crippen LogP contribution in [-0.4, -0.2) is 42.5 Å². The van der Waals surface area contributed by atoms with Crippen molar-refractivity contribution in [1.82, 2.24) is 10.2 Å². The lowest BCUT2D eigenvalue weighted by Crippen LogP contribution is -2.38. The molecule has 1 fully saturated rings. The van der Waals surface area contributed by atoms with Crippen molar-refractivity contribution in [3.05, 3.63) is 39.2 Å². The van der Waals surface area contributed by atoms with Gasteiger partial charge in [0.25, 0.3) is 5.91 Å². The molecule has 29 heavy (non-hydrogen) atoms. The van der Waals surface area contributed by atoms with E-state index in [0.29, 0.717) is 48.4 Å². The second-order valence-electron chi connectivity index (χ2n) is 7.59. The maximum atomic E-state index is 12.3.